The SMILES string of the molecule is O=P(O)(O)[C@H](NCCc1cccc(F)c1)c1cccc(Cl)c1. The van der Waals surface area contributed by atoms with Gasteiger partial charge in [0.1, 0.15) is 11.6 Å². The first-order chi connectivity index (χ1) is 10.4. The van der Waals surface area contributed by atoms with E-state index in [1.807, 2.05) is 0 Å². The molecule has 3 N–H and O–H groups in total. The molecule has 0 radical (unpaired) electrons. The van der Waals surface area contributed by atoms with Gasteiger partial charge in [0.15, 0.2) is 0 Å². The predicted octanol–water partition coefficient (Wildman–Crippen LogP) is 3.49. The van der Waals surface area contributed by atoms with Crippen molar-refractivity contribution in [1.29, 1.82) is 0 Å². The first-order valence-electron chi connectivity index (χ1n) is 6.65. The van der Waals surface area contributed by atoms with E-state index in [0.29, 0.717) is 23.6 Å². The van der Waals surface area contributed by atoms with E-state index in [4.69, 9.17) is 11.6 Å². The van der Waals surface area contributed by atoms with Crippen molar-refractivity contribution in [1.82, 2.24) is 5.32 Å². The van der Waals surface area contributed by atoms with Gasteiger partial charge in [-0.15, -0.1) is 0 Å². The first kappa shape index (κ1) is 17.1. The summed E-state index contributed by atoms with van der Waals surface area (Å²) in [7, 11) is -4.39. The Hall–Kier alpha value is -1.23. The largest absolute Gasteiger partial charge is 0.346 e. The summed E-state index contributed by atoms with van der Waals surface area (Å²) in [6.07, 6.45) is 0.453. The summed E-state index contributed by atoms with van der Waals surface area (Å²) < 4.78 is 24.8. The van der Waals surface area contributed by atoms with Gasteiger partial charge in [-0.3, -0.25) is 9.88 Å². The van der Waals surface area contributed by atoms with Crippen LogP contribution in [0.4, 0.5) is 4.39 Å². The molecule has 0 aromatic heterocycles. The lowest BCUT2D eigenvalue weighted by Crippen LogP contribution is -2.24. The Morgan fingerprint density at radius 2 is 1.91 bits per heavy atom. The van der Waals surface area contributed by atoms with E-state index in [-0.39, 0.29) is 5.82 Å². The van der Waals surface area contributed by atoms with Crippen molar-refractivity contribution in [2.75, 3.05) is 6.54 Å². The third kappa shape index (κ3) is 4.90. The molecule has 0 aliphatic heterocycles. The number of nitrogens with one attached hydrogen (secondary N) is 1. The second-order valence-corrected chi connectivity index (χ2v) is 7.01. The normalized spacial score (nSPS) is 13.1. The van der Waals surface area contributed by atoms with Crippen molar-refractivity contribution in [3.05, 3.63) is 70.5 Å². The van der Waals surface area contributed by atoms with Crippen molar-refractivity contribution in [3.63, 3.8) is 0 Å². The molecule has 1 atom stereocenters. The van der Waals surface area contributed by atoms with Gasteiger partial charge < -0.3 is 9.79 Å². The average molecular weight is 344 g/mol. The lowest BCUT2D eigenvalue weighted by molar-refractivity contribution is 0.348. The summed E-state index contributed by atoms with van der Waals surface area (Å²) in [6, 6.07) is 12.5. The van der Waals surface area contributed by atoms with E-state index in [9.17, 15) is 18.7 Å². The van der Waals surface area contributed by atoms with Crippen LogP contribution in [-0.2, 0) is 11.0 Å². The van der Waals surface area contributed by atoms with Crippen molar-refractivity contribution in [2.45, 2.75) is 12.2 Å². The van der Waals surface area contributed by atoms with Gasteiger partial charge in [-0.05, 0) is 41.8 Å². The Kier molecular flexibility index (Phi) is 5.73. The summed E-state index contributed by atoms with van der Waals surface area (Å²) in [4.78, 5) is 19.0. The second-order valence-electron chi connectivity index (χ2n) is 4.88. The van der Waals surface area contributed by atoms with Crippen molar-refractivity contribution in [2.24, 2.45) is 0 Å². The zero-order valence-corrected chi connectivity index (χ0v) is 13.3. The first-order valence-corrected chi connectivity index (χ1v) is 8.71. The topological polar surface area (TPSA) is 69.6 Å². The van der Waals surface area contributed by atoms with Gasteiger partial charge in [0.05, 0.1) is 0 Å². The molecular formula is C15H16ClFNO3P. The number of halogens is 2. The summed E-state index contributed by atoms with van der Waals surface area (Å²) >= 11 is 5.86. The molecule has 7 heteroatoms. The van der Waals surface area contributed by atoms with Gasteiger partial charge in [0.25, 0.3) is 0 Å². The van der Waals surface area contributed by atoms with E-state index < -0.39 is 13.4 Å². The molecule has 2 aromatic rings. The second kappa shape index (κ2) is 7.36. The van der Waals surface area contributed by atoms with Crippen LogP contribution in [0.3, 0.4) is 0 Å². The molecule has 0 bridgehead atoms. The van der Waals surface area contributed by atoms with Crippen molar-refractivity contribution in [3.8, 4) is 0 Å². The van der Waals surface area contributed by atoms with Gasteiger partial charge in [-0.1, -0.05) is 35.9 Å². The highest BCUT2D eigenvalue weighted by Gasteiger charge is 2.29. The van der Waals surface area contributed by atoms with Crippen LogP contribution in [-0.4, -0.2) is 16.3 Å². The molecule has 0 amide bonds. The molecule has 22 heavy (non-hydrogen) atoms. The van der Waals surface area contributed by atoms with Crippen LogP contribution in [0.1, 0.15) is 16.9 Å². The highest BCUT2D eigenvalue weighted by atomic mass is 35.5. The number of benzene rings is 2. The van der Waals surface area contributed by atoms with Crippen LogP contribution in [0.25, 0.3) is 0 Å². The molecule has 0 aliphatic rings. The molecule has 0 saturated heterocycles. The highest BCUT2D eigenvalue weighted by molar-refractivity contribution is 7.52. The molecule has 0 fully saturated rings. The minimum absolute atomic E-state index is 0.297. The fraction of sp³-hybridized carbons (Fsp3) is 0.200. The maximum atomic E-state index is 13.1. The van der Waals surface area contributed by atoms with Gasteiger partial charge in [-0.2, -0.15) is 0 Å². The van der Waals surface area contributed by atoms with Crippen LogP contribution in [0.2, 0.25) is 5.02 Å². The van der Waals surface area contributed by atoms with Gasteiger partial charge in [0.2, 0.25) is 0 Å². The summed E-state index contributed by atoms with van der Waals surface area (Å²) in [6.45, 7) is 0.297. The van der Waals surface area contributed by atoms with Gasteiger partial charge in [0, 0.05) is 11.6 Å². The Morgan fingerprint density at radius 1 is 1.18 bits per heavy atom. The maximum Gasteiger partial charge on any atom is 0.346 e. The molecule has 4 nitrogen and oxygen atoms in total. The molecular weight excluding hydrogens is 328 g/mol. The van der Waals surface area contributed by atoms with E-state index in [2.05, 4.69) is 5.32 Å². The standard InChI is InChI=1S/C15H16ClFNO3P/c16-13-5-2-4-12(10-13)15(22(19,20)21)18-8-7-11-3-1-6-14(17)9-11/h1-6,9-10,15,18H,7-8H2,(H2,19,20,21)/t15-/m0/s1. The number of rotatable bonds is 6. The Morgan fingerprint density at radius 3 is 2.55 bits per heavy atom. The number of hydrogen-bond donors (Lipinski definition) is 3. The molecule has 2 rings (SSSR count). The third-order valence-electron chi connectivity index (χ3n) is 3.14. The summed E-state index contributed by atoms with van der Waals surface area (Å²) in [5.41, 5.74) is 1.17. The zero-order valence-electron chi connectivity index (χ0n) is 11.6. The maximum absolute atomic E-state index is 13.1. The number of hydrogen-bond acceptors (Lipinski definition) is 2. The fourth-order valence-corrected chi connectivity index (χ4v) is 3.27. The molecule has 0 spiro atoms. The third-order valence-corrected chi connectivity index (χ3v) is 4.53. The van der Waals surface area contributed by atoms with Crippen LogP contribution >= 0.6 is 19.2 Å². The van der Waals surface area contributed by atoms with E-state index in [1.54, 1.807) is 30.3 Å². The predicted molar refractivity (Wildman–Crippen MR) is 84.3 cm³/mol. The molecule has 118 valence electrons. The Balaban J connectivity index is 2.07. The monoisotopic (exact) mass is 343 g/mol. The zero-order chi connectivity index (χ0) is 16.2. The summed E-state index contributed by atoms with van der Waals surface area (Å²) in [5, 5.41) is 3.23. The average Bonchev–Trinajstić information content (AvgIpc) is 2.42. The van der Waals surface area contributed by atoms with Gasteiger partial charge >= 0.3 is 7.60 Å². The van der Waals surface area contributed by atoms with E-state index >= 15 is 0 Å². The molecule has 0 saturated carbocycles. The van der Waals surface area contributed by atoms with Gasteiger partial charge in [-0.25, -0.2) is 4.39 Å². The minimum Gasteiger partial charge on any atom is -0.323 e. The lowest BCUT2D eigenvalue weighted by Gasteiger charge is -2.20. The highest BCUT2D eigenvalue weighted by Crippen LogP contribution is 2.50. The molecule has 0 heterocycles. The Bertz CT molecular complexity index is 692. The fourth-order valence-electron chi connectivity index (χ4n) is 2.15. The molecule has 0 aliphatic carbocycles. The van der Waals surface area contributed by atoms with Crippen molar-refractivity contribution < 1.29 is 18.7 Å². The van der Waals surface area contributed by atoms with E-state index in [0.717, 1.165) is 5.56 Å². The molecule has 0 unspecified atom stereocenters. The van der Waals surface area contributed by atoms with Crippen LogP contribution in [0.15, 0.2) is 48.5 Å². The molecule has 2 aromatic carbocycles. The van der Waals surface area contributed by atoms with Crippen LogP contribution in [0.5, 0.6) is 0 Å². The van der Waals surface area contributed by atoms with Crippen LogP contribution in [0, 0.1) is 5.82 Å². The quantitative estimate of drug-likeness (QED) is 0.702. The summed E-state index contributed by atoms with van der Waals surface area (Å²) in [5.74, 6) is -1.47. The smallest absolute Gasteiger partial charge is 0.323 e. The Labute approximate surface area is 133 Å². The van der Waals surface area contributed by atoms with Crippen LogP contribution < -0.4 is 5.32 Å². The van der Waals surface area contributed by atoms with Crippen molar-refractivity contribution >= 4 is 19.2 Å². The lowest BCUT2D eigenvalue weighted by atomic mass is 10.1. The minimum atomic E-state index is -4.39. The van der Waals surface area contributed by atoms with E-state index in [1.165, 1.54) is 18.2 Å².